The van der Waals surface area contributed by atoms with Gasteiger partial charge < -0.3 is 10.1 Å². The predicted molar refractivity (Wildman–Crippen MR) is 87.7 cm³/mol. The van der Waals surface area contributed by atoms with E-state index in [1.807, 2.05) is 6.07 Å². The van der Waals surface area contributed by atoms with Crippen LogP contribution in [0.4, 0.5) is 5.69 Å². The van der Waals surface area contributed by atoms with Gasteiger partial charge in [-0.2, -0.15) is 0 Å². The molecule has 1 amide bonds. The fourth-order valence-corrected chi connectivity index (χ4v) is 4.79. The van der Waals surface area contributed by atoms with Crippen molar-refractivity contribution in [1.82, 2.24) is 0 Å². The molecule has 1 aromatic carbocycles. The van der Waals surface area contributed by atoms with Gasteiger partial charge in [-0.15, -0.1) is 0 Å². The molecular formula is C17H22BrNO2. The number of aryl methyl sites for hydroxylation is 1. The first kappa shape index (κ1) is 15.0. The van der Waals surface area contributed by atoms with Crippen LogP contribution in [0, 0.1) is 11.8 Å². The molecule has 2 aliphatic rings. The van der Waals surface area contributed by atoms with Gasteiger partial charge in [0, 0.05) is 22.9 Å². The van der Waals surface area contributed by atoms with Crippen molar-refractivity contribution in [3.63, 3.8) is 0 Å². The fourth-order valence-electron chi connectivity index (χ4n) is 3.60. The van der Waals surface area contributed by atoms with E-state index in [0.29, 0.717) is 24.4 Å². The third-order valence-electron chi connectivity index (χ3n) is 5.00. The molecule has 0 saturated carbocycles. The molecule has 3 nitrogen and oxygen atoms in total. The highest BCUT2D eigenvalue weighted by molar-refractivity contribution is 9.09. The number of hydrogen-bond donors (Lipinski definition) is 1. The number of carbonyl (C=O) groups excluding carboxylic acids is 1. The van der Waals surface area contributed by atoms with Gasteiger partial charge in [0.2, 0.25) is 5.91 Å². The molecular weight excluding hydrogens is 330 g/mol. The molecule has 5 unspecified atom stereocenters. The average Bonchev–Trinajstić information content (AvgIpc) is 2.71. The lowest BCUT2D eigenvalue weighted by Crippen LogP contribution is -2.23. The second kappa shape index (κ2) is 5.73. The molecule has 4 heteroatoms. The Kier molecular flexibility index (Phi) is 4.10. The van der Waals surface area contributed by atoms with Crippen LogP contribution in [0.3, 0.4) is 0 Å². The van der Waals surface area contributed by atoms with Crippen molar-refractivity contribution in [3.05, 3.63) is 29.3 Å². The van der Waals surface area contributed by atoms with Crippen LogP contribution >= 0.6 is 15.9 Å². The smallest absolute Gasteiger partial charge is 0.224 e. The number of nitrogens with one attached hydrogen (secondary N) is 1. The lowest BCUT2D eigenvalue weighted by Gasteiger charge is -2.26. The van der Waals surface area contributed by atoms with Crippen molar-refractivity contribution in [2.45, 2.75) is 50.6 Å². The number of carbonyl (C=O) groups is 1. The van der Waals surface area contributed by atoms with Crippen molar-refractivity contribution >= 4 is 27.5 Å². The van der Waals surface area contributed by atoms with Crippen LogP contribution in [0.15, 0.2) is 18.2 Å². The van der Waals surface area contributed by atoms with Gasteiger partial charge in [0.05, 0.1) is 12.2 Å². The number of benzene rings is 1. The number of rotatable bonds is 2. The van der Waals surface area contributed by atoms with Crippen molar-refractivity contribution in [2.24, 2.45) is 11.8 Å². The van der Waals surface area contributed by atoms with E-state index in [2.05, 4.69) is 54.2 Å². The summed E-state index contributed by atoms with van der Waals surface area (Å²) in [7, 11) is 0. The molecule has 2 aliphatic heterocycles. The van der Waals surface area contributed by atoms with Crippen LogP contribution in [0.1, 0.15) is 43.1 Å². The van der Waals surface area contributed by atoms with Crippen molar-refractivity contribution in [1.29, 1.82) is 0 Å². The minimum absolute atomic E-state index is 0.117. The first-order valence-corrected chi connectivity index (χ1v) is 8.61. The van der Waals surface area contributed by atoms with Crippen LogP contribution in [0.2, 0.25) is 0 Å². The zero-order valence-electron chi connectivity index (χ0n) is 12.7. The van der Waals surface area contributed by atoms with E-state index in [4.69, 9.17) is 4.74 Å². The normalized spacial score (nSPS) is 33.4. The number of fused-ring (bicyclic) bond motifs is 1. The van der Waals surface area contributed by atoms with Crippen LogP contribution in [-0.2, 0) is 16.0 Å². The molecule has 1 N–H and O–H groups in total. The predicted octanol–water partition coefficient (Wildman–Crippen LogP) is 4.07. The molecule has 5 atom stereocenters. The van der Waals surface area contributed by atoms with Gasteiger partial charge in [0.25, 0.3) is 0 Å². The van der Waals surface area contributed by atoms with E-state index in [0.717, 1.165) is 12.1 Å². The highest BCUT2D eigenvalue weighted by Crippen LogP contribution is 2.45. The van der Waals surface area contributed by atoms with Gasteiger partial charge in [0.1, 0.15) is 0 Å². The summed E-state index contributed by atoms with van der Waals surface area (Å²) < 4.78 is 5.97. The summed E-state index contributed by atoms with van der Waals surface area (Å²) in [4.78, 5) is 11.7. The molecule has 0 spiro atoms. The van der Waals surface area contributed by atoms with Crippen molar-refractivity contribution in [3.8, 4) is 0 Å². The number of halogens is 1. The third kappa shape index (κ3) is 2.76. The minimum Gasteiger partial charge on any atom is -0.375 e. The maximum atomic E-state index is 11.4. The van der Waals surface area contributed by atoms with Crippen molar-refractivity contribution in [2.75, 3.05) is 5.32 Å². The first-order valence-electron chi connectivity index (χ1n) is 7.69. The summed E-state index contributed by atoms with van der Waals surface area (Å²) in [6.07, 6.45) is 1.98. The Morgan fingerprint density at radius 1 is 1.24 bits per heavy atom. The number of amides is 1. The Bertz CT molecular complexity index is 560. The maximum Gasteiger partial charge on any atom is 0.224 e. The van der Waals surface area contributed by atoms with Gasteiger partial charge in [-0.1, -0.05) is 35.0 Å². The number of hydrogen-bond acceptors (Lipinski definition) is 2. The van der Waals surface area contributed by atoms with E-state index >= 15 is 0 Å². The number of alkyl halides is 1. The molecule has 21 heavy (non-hydrogen) atoms. The molecule has 0 bridgehead atoms. The van der Waals surface area contributed by atoms with Gasteiger partial charge >= 0.3 is 0 Å². The van der Waals surface area contributed by atoms with E-state index in [9.17, 15) is 4.79 Å². The Labute approximate surface area is 134 Å². The quantitative estimate of drug-likeness (QED) is 0.815. The summed E-state index contributed by atoms with van der Waals surface area (Å²) in [5, 5.41) is 2.94. The monoisotopic (exact) mass is 351 g/mol. The first-order chi connectivity index (χ1) is 9.97. The number of anilines is 1. The summed E-state index contributed by atoms with van der Waals surface area (Å²) >= 11 is 3.89. The Hall–Kier alpha value is -0.870. The summed E-state index contributed by atoms with van der Waals surface area (Å²) in [6.45, 7) is 6.59. The van der Waals surface area contributed by atoms with Crippen LogP contribution in [0.25, 0.3) is 0 Å². The average molecular weight is 352 g/mol. The Balaban J connectivity index is 1.85. The molecule has 0 radical (unpaired) electrons. The van der Waals surface area contributed by atoms with E-state index in [1.54, 1.807) is 0 Å². The SMILES string of the molecule is CC1OC(C)C(C(Br)c2ccc3c(c2)CCC(=O)N3)C1C. The summed E-state index contributed by atoms with van der Waals surface area (Å²) in [5.74, 6) is 1.11. The van der Waals surface area contributed by atoms with E-state index in [1.165, 1.54) is 11.1 Å². The van der Waals surface area contributed by atoms with Crippen LogP contribution in [-0.4, -0.2) is 18.1 Å². The molecule has 114 valence electrons. The fraction of sp³-hybridized carbons (Fsp3) is 0.588. The minimum atomic E-state index is 0.117. The third-order valence-corrected chi connectivity index (χ3v) is 6.14. The molecule has 0 aromatic heterocycles. The van der Waals surface area contributed by atoms with E-state index < -0.39 is 0 Å². The Morgan fingerprint density at radius 2 is 2.00 bits per heavy atom. The molecule has 1 fully saturated rings. The highest BCUT2D eigenvalue weighted by Gasteiger charge is 2.41. The maximum absolute atomic E-state index is 11.4. The second-order valence-electron chi connectivity index (χ2n) is 6.35. The lowest BCUT2D eigenvalue weighted by atomic mass is 9.83. The molecule has 2 heterocycles. The van der Waals surface area contributed by atoms with Gasteiger partial charge in [0.15, 0.2) is 0 Å². The zero-order chi connectivity index (χ0) is 15.1. The second-order valence-corrected chi connectivity index (χ2v) is 7.34. The Morgan fingerprint density at radius 3 is 2.67 bits per heavy atom. The summed E-state index contributed by atoms with van der Waals surface area (Å²) in [5.41, 5.74) is 3.49. The molecule has 3 rings (SSSR count). The van der Waals surface area contributed by atoms with Crippen LogP contribution < -0.4 is 5.32 Å². The van der Waals surface area contributed by atoms with Gasteiger partial charge in [-0.3, -0.25) is 4.79 Å². The van der Waals surface area contributed by atoms with Crippen molar-refractivity contribution < 1.29 is 9.53 Å². The summed E-state index contributed by atoms with van der Waals surface area (Å²) in [6, 6.07) is 6.38. The zero-order valence-corrected chi connectivity index (χ0v) is 14.3. The lowest BCUT2D eigenvalue weighted by molar-refractivity contribution is -0.116. The van der Waals surface area contributed by atoms with Crippen LogP contribution in [0.5, 0.6) is 0 Å². The largest absolute Gasteiger partial charge is 0.375 e. The standard InChI is InChI=1S/C17H22BrNO2/c1-9-10(2)21-11(3)16(9)17(18)13-4-6-14-12(8-13)5-7-15(20)19-14/h4,6,8-11,16-17H,5,7H2,1-3H3,(H,19,20). The highest BCUT2D eigenvalue weighted by atomic mass is 79.9. The van der Waals surface area contributed by atoms with E-state index in [-0.39, 0.29) is 16.8 Å². The topological polar surface area (TPSA) is 38.3 Å². The molecule has 1 aromatic rings. The molecule has 0 aliphatic carbocycles. The van der Waals surface area contributed by atoms with Gasteiger partial charge in [-0.25, -0.2) is 0 Å². The number of ether oxygens (including phenoxy) is 1. The molecule has 1 saturated heterocycles. The van der Waals surface area contributed by atoms with Gasteiger partial charge in [-0.05, 0) is 43.4 Å².